The first kappa shape index (κ1) is 8.61. The van der Waals surface area contributed by atoms with Gasteiger partial charge in [-0.15, -0.1) is 0 Å². The van der Waals surface area contributed by atoms with Crippen molar-refractivity contribution < 1.29 is 9.90 Å². The molecular weight excluding hydrogens is 152 g/mol. The van der Waals surface area contributed by atoms with Crippen molar-refractivity contribution in [3.63, 3.8) is 0 Å². The second kappa shape index (κ2) is 3.77. The summed E-state index contributed by atoms with van der Waals surface area (Å²) in [6.45, 7) is 1.68. The Kier molecular flexibility index (Phi) is 2.71. The zero-order chi connectivity index (χ0) is 8.97. The molecule has 2 nitrogen and oxygen atoms in total. The molecule has 0 saturated carbocycles. The molecule has 0 bridgehead atoms. The molecule has 0 aliphatic heterocycles. The first-order valence-electron chi connectivity index (χ1n) is 3.80. The predicted octanol–water partition coefficient (Wildman–Crippen LogP) is 1.55. The Hall–Kier alpha value is -1.49. The van der Waals surface area contributed by atoms with Gasteiger partial charge in [0.15, 0.2) is 0 Å². The van der Waals surface area contributed by atoms with Crippen molar-refractivity contribution in [1.82, 2.24) is 0 Å². The summed E-state index contributed by atoms with van der Waals surface area (Å²) in [6.07, 6.45) is 0.521. The van der Waals surface area contributed by atoms with E-state index in [1.54, 1.807) is 13.0 Å². The predicted molar refractivity (Wildman–Crippen MR) is 44.6 cm³/mol. The molecule has 0 spiro atoms. The van der Waals surface area contributed by atoms with Crippen LogP contribution in [0, 0.1) is 18.1 Å². The normalized spacial score (nSPS) is 11.8. The molecule has 0 aliphatic carbocycles. The highest BCUT2D eigenvalue weighted by Gasteiger charge is 2.10. The molecule has 2 heteroatoms. The van der Waals surface area contributed by atoms with E-state index in [9.17, 15) is 4.79 Å². The van der Waals surface area contributed by atoms with Crippen molar-refractivity contribution in [3.8, 4) is 0 Å². The quantitative estimate of drug-likeness (QED) is 0.732. The Labute approximate surface area is 71.8 Å². The van der Waals surface area contributed by atoms with Crippen LogP contribution in [-0.2, 0) is 11.2 Å². The first-order chi connectivity index (χ1) is 5.70. The van der Waals surface area contributed by atoms with E-state index in [0.717, 1.165) is 5.56 Å². The van der Waals surface area contributed by atoms with Crippen LogP contribution >= 0.6 is 0 Å². The number of carboxylic acid groups (broad SMARTS) is 1. The summed E-state index contributed by atoms with van der Waals surface area (Å²) in [6, 6.07) is 11.1. The van der Waals surface area contributed by atoms with Gasteiger partial charge in [-0.2, -0.15) is 0 Å². The fourth-order valence-corrected chi connectivity index (χ4v) is 0.925. The van der Waals surface area contributed by atoms with Gasteiger partial charge in [0.05, 0.1) is 5.92 Å². The topological polar surface area (TPSA) is 37.3 Å². The van der Waals surface area contributed by atoms with Crippen LogP contribution < -0.4 is 0 Å². The highest BCUT2D eigenvalue weighted by atomic mass is 16.4. The zero-order valence-corrected chi connectivity index (χ0v) is 6.87. The molecule has 1 rings (SSSR count). The number of hydrogen-bond donors (Lipinski definition) is 1. The Morgan fingerprint density at radius 1 is 1.75 bits per heavy atom. The molecule has 1 atom stereocenters. The molecule has 12 heavy (non-hydrogen) atoms. The summed E-state index contributed by atoms with van der Waals surface area (Å²) in [4.78, 5) is 10.5. The summed E-state index contributed by atoms with van der Waals surface area (Å²) >= 11 is 0. The van der Waals surface area contributed by atoms with Crippen molar-refractivity contribution in [2.75, 3.05) is 0 Å². The molecule has 0 radical (unpaired) electrons. The molecular formula is C10H10O2. The second-order valence-electron chi connectivity index (χ2n) is 2.76. The number of carboxylic acids is 1. The SMILES string of the molecule is CC(Cc1c#cccc1)C(=O)O. The van der Waals surface area contributed by atoms with Gasteiger partial charge in [-0.25, -0.2) is 0 Å². The largest absolute Gasteiger partial charge is 0.481 e. The van der Waals surface area contributed by atoms with Gasteiger partial charge >= 0.3 is 5.97 Å². The van der Waals surface area contributed by atoms with Crippen LogP contribution in [0.2, 0.25) is 0 Å². The maximum absolute atomic E-state index is 10.5. The minimum atomic E-state index is -0.771. The molecule has 0 aliphatic rings. The van der Waals surface area contributed by atoms with Crippen LogP contribution in [0.4, 0.5) is 0 Å². The van der Waals surface area contributed by atoms with Crippen molar-refractivity contribution in [2.45, 2.75) is 13.3 Å². The average Bonchev–Trinajstić information content (AvgIpc) is 2.06. The van der Waals surface area contributed by atoms with E-state index >= 15 is 0 Å². The monoisotopic (exact) mass is 162 g/mol. The minimum absolute atomic E-state index is 0.350. The molecule has 0 fully saturated rings. The van der Waals surface area contributed by atoms with E-state index in [1.165, 1.54) is 0 Å². The highest BCUT2D eigenvalue weighted by Crippen LogP contribution is 2.05. The third-order valence-electron chi connectivity index (χ3n) is 1.66. The molecule has 0 aromatic heterocycles. The molecule has 0 heterocycles. The van der Waals surface area contributed by atoms with Gasteiger partial charge in [0.25, 0.3) is 0 Å². The van der Waals surface area contributed by atoms with E-state index in [-0.39, 0.29) is 5.92 Å². The Morgan fingerprint density at radius 3 is 3.00 bits per heavy atom. The van der Waals surface area contributed by atoms with E-state index in [4.69, 9.17) is 5.11 Å². The van der Waals surface area contributed by atoms with Gasteiger partial charge in [0.1, 0.15) is 0 Å². The van der Waals surface area contributed by atoms with Crippen LogP contribution in [0.3, 0.4) is 0 Å². The number of carbonyl (C=O) groups is 1. The van der Waals surface area contributed by atoms with Crippen molar-refractivity contribution in [1.29, 1.82) is 0 Å². The van der Waals surface area contributed by atoms with Crippen LogP contribution in [0.25, 0.3) is 0 Å². The maximum Gasteiger partial charge on any atom is 0.306 e. The summed E-state index contributed by atoms with van der Waals surface area (Å²) in [5, 5.41) is 8.62. The third-order valence-corrected chi connectivity index (χ3v) is 1.66. The van der Waals surface area contributed by atoms with Gasteiger partial charge in [-0.05, 0) is 18.6 Å². The lowest BCUT2D eigenvalue weighted by atomic mass is 10.0. The zero-order valence-electron chi connectivity index (χ0n) is 6.87. The summed E-state index contributed by atoms with van der Waals surface area (Å²) in [5.74, 6) is -1.12. The minimum Gasteiger partial charge on any atom is -0.481 e. The van der Waals surface area contributed by atoms with Crippen LogP contribution in [-0.4, -0.2) is 11.1 Å². The van der Waals surface area contributed by atoms with Crippen LogP contribution in [0.1, 0.15) is 12.5 Å². The van der Waals surface area contributed by atoms with Crippen LogP contribution in [0.5, 0.6) is 0 Å². The smallest absolute Gasteiger partial charge is 0.306 e. The fraction of sp³-hybridized carbons (Fsp3) is 0.300. The second-order valence-corrected chi connectivity index (χ2v) is 2.76. The Bertz CT molecular complexity index is 254. The summed E-state index contributed by atoms with van der Waals surface area (Å²) in [5.41, 5.74) is 0.896. The van der Waals surface area contributed by atoms with Crippen molar-refractivity contribution in [2.24, 2.45) is 5.92 Å². The highest BCUT2D eigenvalue weighted by molar-refractivity contribution is 5.69. The molecule has 62 valence electrons. The molecule has 0 amide bonds. The van der Waals surface area contributed by atoms with E-state index in [2.05, 4.69) is 12.1 Å². The van der Waals surface area contributed by atoms with Crippen molar-refractivity contribution in [3.05, 3.63) is 35.9 Å². The molecule has 1 unspecified atom stereocenters. The fourth-order valence-electron chi connectivity index (χ4n) is 0.925. The number of hydrogen-bond acceptors (Lipinski definition) is 1. The maximum atomic E-state index is 10.5. The first-order valence-corrected chi connectivity index (χ1v) is 3.80. The third kappa shape index (κ3) is 2.28. The summed E-state index contributed by atoms with van der Waals surface area (Å²) < 4.78 is 0. The Balaban J connectivity index is 2.58. The van der Waals surface area contributed by atoms with Gasteiger partial charge < -0.3 is 5.11 Å². The Morgan fingerprint density at radius 2 is 2.50 bits per heavy atom. The standard InChI is InChI=1S/C10H10O2/c1-8(10(11)12)7-9-5-3-2-4-6-9/h2-3,5,8H,7H2,1H3,(H,11,12). The molecule has 1 aromatic rings. The number of rotatable bonds is 3. The lowest BCUT2D eigenvalue weighted by Crippen LogP contribution is -2.11. The van der Waals surface area contributed by atoms with E-state index < -0.39 is 5.97 Å². The van der Waals surface area contributed by atoms with Crippen LogP contribution in [0.15, 0.2) is 18.2 Å². The van der Waals surface area contributed by atoms with E-state index in [0.29, 0.717) is 6.42 Å². The van der Waals surface area contributed by atoms with E-state index in [1.807, 2.05) is 12.1 Å². The van der Waals surface area contributed by atoms with Gasteiger partial charge in [-0.3, -0.25) is 4.79 Å². The number of aliphatic carboxylic acids is 1. The van der Waals surface area contributed by atoms with Crippen molar-refractivity contribution >= 4 is 5.97 Å². The average molecular weight is 162 g/mol. The molecule has 1 N–H and O–H groups in total. The molecule has 1 aromatic carbocycles. The van der Waals surface area contributed by atoms with Gasteiger partial charge in [-0.1, -0.05) is 25.1 Å². The van der Waals surface area contributed by atoms with Gasteiger partial charge in [0.2, 0.25) is 0 Å². The summed E-state index contributed by atoms with van der Waals surface area (Å²) in [7, 11) is 0. The van der Waals surface area contributed by atoms with Gasteiger partial charge in [0, 0.05) is 5.56 Å². The molecule has 0 saturated heterocycles. The lowest BCUT2D eigenvalue weighted by molar-refractivity contribution is -0.141. The lowest BCUT2D eigenvalue weighted by Gasteiger charge is -2.02.